The lowest BCUT2D eigenvalue weighted by molar-refractivity contribution is 0.0948. The Balaban J connectivity index is 2.42. The lowest BCUT2D eigenvalue weighted by Gasteiger charge is -2.10. The summed E-state index contributed by atoms with van der Waals surface area (Å²) in [5, 5.41) is 2.79. The first kappa shape index (κ1) is 14.1. The van der Waals surface area contributed by atoms with E-state index in [4.69, 9.17) is 0 Å². The molecule has 0 radical (unpaired) electrons. The molecule has 1 aromatic carbocycles. The molecule has 1 amide bonds. The van der Waals surface area contributed by atoms with E-state index in [1.807, 2.05) is 44.2 Å². The van der Waals surface area contributed by atoms with Gasteiger partial charge in [0.05, 0.1) is 0 Å². The number of pyridine rings is 1. The third-order valence-electron chi connectivity index (χ3n) is 2.94. The third-order valence-corrected chi connectivity index (χ3v) is 2.94. The van der Waals surface area contributed by atoms with E-state index in [0.717, 1.165) is 5.56 Å². The molecule has 0 spiro atoms. The molecule has 1 heterocycles. The predicted molar refractivity (Wildman–Crippen MR) is 79.7 cm³/mol. The quantitative estimate of drug-likeness (QED) is 0.896. The van der Waals surface area contributed by atoms with E-state index in [0.29, 0.717) is 18.0 Å². The van der Waals surface area contributed by atoms with Crippen molar-refractivity contribution in [3.05, 3.63) is 58.5 Å². The molecule has 4 nitrogen and oxygen atoms in total. The highest BCUT2D eigenvalue weighted by atomic mass is 16.2. The SMILES string of the molecule is CC(C)CNC(=O)c1c(-c2ccccc2)cc[nH]c1=O. The maximum absolute atomic E-state index is 12.2. The normalized spacial score (nSPS) is 10.6. The van der Waals surface area contributed by atoms with E-state index in [1.54, 1.807) is 12.3 Å². The Morgan fingerprint density at radius 1 is 1.20 bits per heavy atom. The molecule has 0 fully saturated rings. The van der Waals surface area contributed by atoms with Gasteiger partial charge in [0, 0.05) is 18.3 Å². The number of nitrogens with one attached hydrogen (secondary N) is 2. The molecule has 0 aliphatic rings. The zero-order valence-electron chi connectivity index (χ0n) is 11.6. The highest BCUT2D eigenvalue weighted by molar-refractivity contribution is 6.00. The minimum atomic E-state index is -0.368. The molecule has 0 atom stereocenters. The number of benzene rings is 1. The van der Waals surface area contributed by atoms with E-state index < -0.39 is 0 Å². The van der Waals surface area contributed by atoms with Gasteiger partial charge in [-0.2, -0.15) is 0 Å². The van der Waals surface area contributed by atoms with Crippen LogP contribution in [0.3, 0.4) is 0 Å². The third kappa shape index (κ3) is 3.15. The second kappa shape index (κ2) is 6.19. The van der Waals surface area contributed by atoms with Crippen LogP contribution in [0.5, 0.6) is 0 Å². The van der Waals surface area contributed by atoms with Gasteiger partial charge in [-0.25, -0.2) is 0 Å². The van der Waals surface area contributed by atoms with Crippen LogP contribution in [-0.4, -0.2) is 17.4 Å². The molecule has 104 valence electrons. The number of H-pyrrole nitrogens is 1. The summed E-state index contributed by atoms with van der Waals surface area (Å²) in [6.07, 6.45) is 1.56. The second-order valence-electron chi connectivity index (χ2n) is 5.07. The molecule has 0 unspecified atom stereocenters. The monoisotopic (exact) mass is 270 g/mol. The molecule has 0 saturated carbocycles. The van der Waals surface area contributed by atoms with E-state index in [1.165, 1.54) is 0 Å². The molecule has 1 aromatic heterocycles. The van der Waals surface area contributed by atoms with Crippen LogP contribution in [0.2, 0.25) is 0 Å². The van der Waals surface area contributed by atoms with Crippen molar-refractivity contribution in [1.82, 2.24) is 10.3 Å². The maximum Gasteiger partial charge on any atom is 0.261 e. The molecular weight excluding hydrogens is 252 g/mol. The van der Waals surface area contributed by atoms with Gasteiger partial charge in [0.25, 0.3) is 11.5 Å². The predicted octanol–water partition coefficient (Wildman–Crippen LogP) is 2.43. The minimum absolute atomic E-state index is 0.166. The first-order valence-corrected chi connectivity index (χ1v) is 6.65. The summed E-state index contributed by atoms with van der Waals surface area (Å²) in [5.41, 5.74) is 1.30. The van der Waals surface area contributed by atoms with Crippen molar-refractivity contribution in [2.45, 2.75) is 13.8 Å². The second-order valence-corrected chi connectivity index (χ2v) is 5.07. The lowest BCUT2D eigenvalue weighted by atomic mass is 10.0. The Hall–Kier alpha value is -2.36. The molecule has 0 aliphatic heterocycles. The van der Waals surface area contributed by atoms with Gasteiger partial charge in [-0.3, -0.25) is 9.59 Å². The molecule has 2 rings (SSSR count). The van der Waals surface area contributed by atoms with Crippen LogP contribution < -0.4 is 10.9 Å². The summed E-state index contributed by atoms with van der Waals surface area (Å²) in [7, 11) is 0. The van der Waals surface area contributed by atoms with Crippen LogP contribution >= 0.6 is 0 Å². The Labute approximate surface area is 117 Å². The molecule has 0 saturated heterocycles. The average molecular weight is 270 g/mol. The molecule has 4 heteroatoms. The van der Waals surface area contributed by atoms with Crippen molar-refractivity contribution in [1.29, 1.82) is 0 Å². The van der Waals surface area contributed by atoms with Crippen LogP contribution in [0.25, 0.3) is 11.1 Å². The van der Waals surface area contributed by atoms with Crippen LogP contribution in [0.15, 0.2) is 47.4 Å². The van der Waals surface area contributed by atoms with Gasteiger partial charge in [0.2, 0.25) is 0 Å². The average Bonchev–Trinajstić information content (AvgIpc) is 2.45. The number of aromatic amines is 1. The number of hydrogen-bond donors (Lipinski definition) is 2. The summed E-state index contributed by atoms with van der Waals surface area (Å²) >= 11 is 0. The summed E-state index contributed by atoms with van der Waals surface area (Å²) in [4.78, 5) is 26.8. The molecule has 0 aliphatic carbocycles. The Kier molecular flexibility index (Phi) is 4.35. The number of amides is 1. The first-order chi connectivity index (χ1) is 9.59. The van der Waals surface area contributed by atoms with E-state index in [2.05, 4.69) is 10.3 Å². The Morgan fingerprint density at radius 2 is 1.90 bits per heavy atom. The van der Waals surface area contributed by atoms with Crippen LogP contribution in [0.4, 0.5) is 0 Å². The lowest BCUT2D eigenvalue weighted by Crippen LogP contribution is -2.32. The van der Waals surface area contributed by atoms with Crippen LogP contribution in [0, 0.1) is 5.92 Å². The van der Waals surface area contributed by atoms with E-state index >= 15 is 0 Å². The fourth-order valence-electron chi connectivity index (χ4n) is 1.95. The van der Waals surface area contributed by atoms with Gasteiger partial charge < -0.3 is 10.3 Å². The number of carbonyl (C=O) groups excluding carboxylic acids is 1. The fraction of sp³-hybridized carbons (Fsp3) is 0.250. The summed E-state index contributed by atoms with van der Waals surface area (Å²) in [6.45, 7) is 4.56. The maximum atomic E-state index is 12.2. The van der Waals surface area contributed by atoms with Gasteiger partial charge in [0.1, 0.15) is 5.56 Å². The van der Waals surface area contributed by atoms with Crippen LogP contribution in [-0.2, 0) is 0 Å². The molecular formula is C16H18N2O2. The van der Waals surface area contributed by atoms with Gasteiger partial charge >= 0.3 is 0 Å². The van der Waals surface area contributed by atoms with Crippen molar-refractivity contribution in [3.63, 3.8) is 0 Å². The van der Waals surface area contributed by atoms with Crippen molar-refractivity contribution < 1.29 is 4.79 Å². The summed E-state index contributed by atoms with van der Waals surface area (Å²) < 4.78 is 0. The molecule has 20 heavy (non-hydrogen) atoms. The molecule has 2 aromatic rings. The zero-order valence-corrected chi connectivity index (χ0v) is 11.6. The number of rotatable bonds is 4. The van der Waals surface area contributed by atoms with Crippen molar-refractivity contribution in [2.24, 2.45) is 5.92 Å². The number of aromatic nitrogens is 1. The Bertz CT molecular complexity index is 645. The highest BCUT2D eigenvalue weighted by Gasteiger charge is 2.16. The standard InChI is InChI=1S/C16H18N2O2/c1-11(2)10-18-16(20)14-13(8-9-17-15(14)19)12-6-4-3-5-7-12/h3-9,11H,10H2,1-2H3,(H,17,19)(H,18,20). The topological polar surface area (TPSA) is 62.0 Å². The molecule has 0 bridgehead atoms. The number of carbonyl (C=O) groups is 1. The number of hydrogen-bond acceptors (Lipinski definition) is 2. The first-order valence-electron chi connectivity index (χ1n) is 6.65. The van der Waals surface area contributed by atoms with Crippen molar-refractivity contribution >= 4 is 5.91 Å². The smallest absolute Gasteiger partial charge is 0.261 e. The van der Waals surface area contributed by atoms with Crippen molar-refractivity contribution in [3.8, 4) is 11.1 Å². The van der Waals surface area contributed by atoms with Crippen LogP contribution in [0.1, 0.15) is 24.2 Å². The fourth-order valence-corrected chi connectivity index (χ4v) is 1.95. The van der Waals surface area contributed by atoms with E-state index in [-0.39, 0.29) is 17.0 Å². The Morgan fingerprint density at radius 3 is 2.55 bits per heavy atom. The van der Waals surface area contributed by atoms with Gasteiger partial charge in [0.15, 0.2) is 0 Å². The zero-order chi connectivity index (χ0) is 14.5. The van der Waals surface area contributed by atoms with E-state index in [9.17, 15) is 9.59 Å². The summed E-state index contributed by atoms with van der Waals surface area (Å²) in [5.74, 6) is 0.00122. The highest BCUT2D eigenvalue weighted by Crippen LogP contribution is 2.20. The van der Waals surface area contributed by atoms with Gasteiger partial charge in [-0.15, -0.1) is 0 Å². The van der Waals surface area contributed by atoms with Gasteiger partial charge in [-0.05, 0) is 17.5 Å². The summed E-state index contributed by atoms with van der Waals surface area (Å²) in [6, 6.07) is 11.2. The van der Waals surface area contributed by atoms with Gasteiger partial charge in [-0.1, -0.05) is 44.2 Å². The van der Waals surface area contributed by atoms with Crippen molar-refractivity contribution in [2.75, 3.05) is 6.54 Å². The molecule has 2 N–H and O–H groups in total. The largest absolute Gasteiger partial charge is 0.352 e. The minimum Gasteiger partial charge on any atom is -0.352 e.